The van der Waals surface area contributed by atoms with Crippen LogP contribution in [0.25, 0.3) is 0 Å². The lowest BCUT2D eigenvalue weighted by molar-refractivity contribution is -0.117. The quantitative estimate of drug-likeness (QED) is 0.842. The number of carboxylic acids is 1. The Kier molecular flexibility index (Phi) is 3.83. The van der Waals surface area contributed by atoms with Crippen LogP contribution < -0.4 is 5.32 Å². The third-order valence-electron chi connectivity index (χ3n) is 1.96. The average Bonchev–Trinajstić information content (AvgIpc) is 2.14. The molecule has 0 saturated carbocycles. The van der Waals surface area contributed by atoms with Gasteiger partial charge < -0.3 is 10.4 Å². The van der Waals surface area contributed by atoms with Crippen LogP contribution in [0.4, 0.5) is 5.69 Å². The van der Waals surface area contributed by atoms with Gasteiger partial charge in [0.2, 0.25) is 5.91 Å². The van der Waals surface area contributed by atoms with Crippen molar-refractivity contribution in [2.24, 2.45) is 5.41 Å². The molecule has 17 heavy (non-hydrogen) atoms. The van der Waals surface area contributed by atoms with Crippen LogP contribution in [0, 0.1) is 5.41 Å². The second kappa shape index (κ2) is 4.95. The lowest BCUT2D eigenvalue weighted by atomic mass is 9.92. The Labute approximate surface area is 99.9 Å². The Hall–Kier alpha value is -1.91. The largest absolute Gasteiger partial charge is 0.478 e. The molecule has 2 N–H and O–H groups in total. The van der Waals surface area contributed by atoms with Gasteiger partial charge in [-0.25, -0.2) is 4.79 Å². The third kappa shape index (κ3) is 4.63. The number of carbonyl (C=O) groups is 2. The standard InChI is InChI=1S/C12H16N2O3/c1-12(2,3)5-10(15)14-9-4-8(11(16)17)6-13-7-9/h4,6-7H,5H2,1-3H3,(H,14,15)(H,16,17). The minimum Gasteiger partial charge on any atom is -0.478 e. The summed E-state index contributed by atoms with van der Waals surface area (Å²) in [6, 6.07) is 1.38. The van der Waals surface area contributed by atoms with Gasteiger partial charge in [0, 0.05) is 12.6 Å². The van der Waals surface area contributed by atoms with Crippen molar-refractivity contribution in [3.8, 4) is 0 Å². The fraction of sp³-hybridized carbons (Fsp3) is 0.417. The molecule has 0 aromatic carbocycles. The number of hydrogen-bond acceptors (Lipinski definition) is 3. The van der Waals surface area contributed by atoms with Crippen LogP contribution in [0.1, 0.15) is 37.6 Å². The second-order valence-corrected chi connectivity index (χ2v) is 5.05. The molecule has 0 atom stereocenters. The monoisotopic (exact) mass is 236 g/mol. The molecule has 0 saturated heterocycles. The minimum absolute atomic E-state index is 0.0542. The van der Waals surface area contributed by atoms with Crippen molar-refractivity contribution in [2.45, 2.75) is 27.2 Å². The molecule has 1 rings (SSSR count). The van der Waals surface area contributed by atoms with E-state index in [1.54, 1.807) is 0 Å². The van der Waals surface area contributed by atoms with Crippen molar-refractivity contribution in [1.29, 1.82) is 0 Å². The summed E-state index contributed by atoms with van der Waals surface area (Å²) in [6.07, 6.45) is 3.03. The molecule has 92 valence electrons. The van der Waals surface area contributed by atoms with Crippen LogP contribution in [0.15, 0.2) is 18.5 Å². The maximum Gasteiger partial charge on any atom is 0.337 e. The zero-order valence-electron chi connectivity index (χ0n) is 10.2. The first-order chi connectivity index (χ1) is 7.78. The summed E-state index contributed by atoms with van der Waals surface area (Å²) in [5.41, 5.74) is 0.347. The van der Waals surface area contributed by atoms with E-state index < -0.39 is 5.97 Å². The van der Waals surface area contributed by atoms with Crippen LogP contribution in [-0.4, -0.2) is 22.0 Å². The van der Waals surface area contributed by atoms with Gasteiger partial charge in [-0.2, -0.15) is 0 Å². The molecule has 1 aromatic rings. The molecule has 1 aromatic heterocycles. The van der Waals surface area contributed by atoms with Gasteiger partial charge in [-0.3, -0.25) is 9.78 Å². The van der Waals surface area contributed by atoms with Crippen LogP contribution in [-0.2, 0) is 4.79 Å². The number of aromatic nitrogens is 1. The maximum absolute atomic E-state index is 11.6. The fourth-order valence-electron chi connectivity index (χ4n) is 1.31. The van der Waals surface area contributed by atoms with Crippen molar-refractivity contribution in [2.75, 3.05) is 5.32 Å². The summed E-state index contributed by atoms with van der Waals surface area (Å²) >= 11 is 0. The summed E-state index contributed by atoms with van der Waals surface area (Å²) in [7, 11) is 0. The Morgan fingerprint density at radius 2 is 2.00 bits per heavy atom. The van der Waals surface area contributed by atoms with Gasteiger partial charge in [-0.15, -0.1) is 0 Å². The third-order valence-corrected chi connectivity index (χ3v) is 1.96. The number of anilines is 1. The van der Waals surface area contributed by atoms with Gasteiger partial charge in [0.1, 0.15) is 0 Å². The van der Waals surface area contributed by atoms with E-state index in [4.69, 9.17) is 5.11 Å². The Morgan fingerprint density at radius 1 is 1.35 bits per heavy atom. The Balaban J connectivity index is 2.72. The van der Waals surface area contributed by atoms with Crippen LogP contribution in [0.3, 0.4) is 0 Å². The topological polar surface area (TPSA) is 79.3 Å². The van der Waals surface area contributed by atoms with E-state index in [1.807, 2.05) is 20.8 Å². The van der Waals surface area contributed by atoms with E-state index in [0.29, 0.717) is 12.1 Å². The molecular formula is C12H16N2O3. The highest BCUT2D eigenvalue weighted by Gasteiger charge is 2.16. The number of nitrogens with zero attached hydrogens (tertiary/aromatic N) is 1. The minimum atomic E-state index is -1.07. The molecule has 0 radical (unpaired) electrons. The molecule has 0 aliphatic rings. The molecule has 0 unspecified atom stereocenters. The number of carboxylic acid groups (broad SMARTS) is 1. The van der Waals surface area contributed by atoms with Gasteiger partial charge in [-0.05, 0) is 11.5 Å². The summed E-state index contributed by atoms with van der Waals surface area (Å²) < 4.78 is 0. The SMILES string of the molecule is CC(C)(C)CC(=O)Nc1cncc(C(=O)O)c1. The predicted molar refractivity (Wildman–Crippen MR) is 63.9 cm³/mol. The van der Waals surface area contributed by atoms with E-state index in [-0.39, 0.29) is 16.9 Å². The van der Waals surface area contributed by atoms with E-state index in [2.05, 4.69) is 10.3 Å². The van der Waals surface area contributed by atoms with E-state index in [0.717, 1.165) is 0 Å². The zero-order chi connectivity index (χ0) is 13.1. The van der Waals surface area contributed by atoms with Gasteiger partial charge in [0.05, 0.1) is 17.4 Å². The van der Waals surface area contributed by atoms with Crippen molar-refractivity contribution in [3.05, 3.63) is 24.0 Å². The van der Waals surface area contributed by atoms with Gasteiger partial charge in [0.25, 0.3) is 0 Å². The number of carbonyl (C=O) groups excluding carboxylic acids is 1. The Bertz CT molecular complexity index is 436. The number of hydrogen-bond donors (Lipinski definition) is 2. The first-order valence-corrected chi connectivity index (χ1v) is 5.26. The lowest BCUT2D eigenvalue weighted by Gasteiger charge is -2.17. The first kappa shape index (κ1) is 13.2. The molecule has 5 nitrogen and oxygen atoms in total. The number of amides is 1. The molecule has 0 spiro atoms. The van der Waals surface area contributed by atoms with Crippen molar-refractivity contribution >= 4 is 17.6 Å². The molecule has 1 heterocycles. The summed E-state index contributed by atoms with van der Waals surface area (Å²) in [4.78, 5) is 26.1. The number of rotatable bonds is 3. The number of aromatic carboxylic acids is 1. The van der Waals surface area contributed by atoms with Gasteiger partial charge >= 0.3 is 5.97 Å². The highest BCUT2D eigenvalue weighted by molar-refractivity contribution is 5.93. The molecule has 0 aliphatic carbocycles. The molecular weight excluding hydrogens is 220 g/mol. The fourth-order valence-corrected chi connectivity index (χ4v) is 1.31. The van der Waals surface area contributed by atoms with E-state index in [9.17, 15) is 9.59 Å². The normalized spacial score (nSPS) is 11.0. The van der Waals surface area contributed by atoms with Crippen molar-refractivity contribution in [3.63, 3.8) is 0 Å². The second-order valence-electron chi connectivity index (χ2n) is 5.05. The molecule has 0 aliphatic heterocycles. The van der Waals surface area contributed by atoms with Crippen LogP contribution >= 0.6 is 0 Å². The average molecular weight is 236 g/mol. The highest BCUT2D eigenvalue weighted by atomic mass is 16.4. The molecule has 1 amide bonds. The van der Waals surface area contributed by atoms with Gasteiger partial charge in [-0.1, -0.05) is 20.8 Å². The van der Waals surface area contributed by atoms with Crippen molar-refractivity contribution < 1.29 is 14.7 Å². The number of pyridine rings is 1. The summed E-state index contributed by atoms with van der Waals surface area (Å²) in [5, 5.41) is 11.4. The summed E-state index contributed by atoms with van der Waals surface area (Å²) in [5.74, 6) is -1.22. The van der Waals surface area contributed by atoms with Crippen molar-refractivity contribution in [1.82, 2.24) is 4.98 Å². The van der Waals surface area contributed by atoms with Crippen LogP contribution in [0.2, 0.25) is 0 Å². The molecule has 0 fully saturated rings. The maximum atomic E-state index is 11.6. The van der Waals surface area contributed by atoms with E-state index >= 15 is 0 Å². The zero-order valence-corrected chi connectivity index (χ0v) is 10.2. The first-order valence-electron chi connectivity index (χ1n) is 5.26. The predicted octanol–water partition coefficient (Wildman–Crippen LogP) is 2.15. The van der Waals surface area contributed by atoms with Crippen LogP contribution in [0.5, 0.6) is 0 Å². The highest BCUT2D eigenvalue weighted by Crippen LogP contribution is 2.19. The smallest absolute Gasteiger partial charge is 0.337 e. The number of nitrogens with one attached hydrogen (secondary N) is 1. The Morgan fingerprint density at radius 3 is 2.53 bits per heavy atom. The van der Waals surface area contributed by atoms with E-state index in [1.165, 1.54) is 18.5 Å². The lowest BCUT2D eigenvalue weighted by Crippen LogP contribution is -2.19. The summed E-state index contributed by atoms with van der Waals surface area (Å²) in [6.45, 7) is 5.87. The molecule has 0 bridgehead atoms. The molecule has 5 heteroatoms. The van der Waals surface area contributed by atoms with Gasteiger partial charge in [0.15, 0.2) is 0 Å².